The highest BCUT2D eigenvalue weighted by atomic mass is 16.5. The zero-order valence-corrected chi connectivity index (χ0v) is 14.3. The molecule has 24 heavy (non-hydrogen) atoms. The van der Waals surface area contributed by atoms with Gasteiger partial charge in [-0.2, -0.15) is 5.26 Å². The Bertz CT molecular complexity index is 732. The molecule has 0 aliphatic rings. The van der Waals surface area contributed by atoms with Crippen LogP contribution in [0.3, 0.4) is 0 Å². The highest BCUT2D eigenvalue weighted by molar-refractivity contribution is 5.78. The largest absolute Gasteiger partial charge is 0.484 e. The molecule has 0 radical (unpaired) electrons. The number of hydrogen-bond acceptors (Lipinski definition) is 3. The third-order valence-electron chi connectivity index (χ3n) is 4.10. The summed E-state index contributed by atoms with van der Waals surface area (Å²) >= 11 is 0. The second kappa shape index (κ2) is 8.16. The number of carbonyl (C=O) groups is 1. The fourth-order valence-corrected chi connectivity index (χ4v) is 2.62. The molecule has 2 rings (SSSR count). The van der Waals surface area contributed by atoms with E-state index in [1.165, 1.54) is 0 Å². The number of amides is 1. The van der Waals surface area contributed by atoms with E-state index in [0.29, 0.717) is 12.1 Å². The van der Waals surface area contributed by atoms with E-state index in [-0.39, 0.29) is 18.6 Å². The molecule has 0 N–H and O–H groups in total. The van der Waals surface area contributed by atoms with Gasteiger partial charge in [0, 0.05) is 6.54 Å². The predicted molar refractivity (Wildman–Crippen MR) is 93.6 cm³/mol. The highest BCUT2D eigenvalue weighted by Gasteiger charge is 2.20. The van der Waals surface area contributed by atoms with Crippen molar-refractivity contribution in [1.29, 1.82) is 5.26 Å². The molecule has 4 nitrogen and oxygen atoms in total. The third-order valence-corrected chi connectivity index (χ3v) is 4.10. The minimum absolute atomic E-state index is 0.0132. The molecule has 124 valence electrons. The summed E-state index contributed by atoms with van der Waals surface area (Å²) in [5.41, 5.74) is 2.62. The minimum atomic E-state index is -0.0734. The summed E-state index contributed by atoms with van der Waals surface area (Å²) < 4.78 is 5.67. The zero-order valence-electron chi connectivity index (χ0n) is 14.3. The van der Waals surface area contributed by atoms with Gasteiger partial charge in [-0.25, -0.2) is 0 Å². The lowest BCUT2D eigenvalue weighted by molar-refractivity contribution is -0.135. The molecule has 0 aliphatic carbocycles. The molecule has 0 unspecified atom stereocenters. The Morgan fingerprint density at radius 2 is 1.88 bits per heavy atom. The quantitative estimate of drug-likeness (QED) is 0.811. The fraction of sp³-hybridized carbons (Fsp3) is 0.300. The Balaban J connectivity index is 2.04. The maximum absolute atomic E-state index is 12.5. The van der Waals surface area contributed by atoms with Crippen molar-refractivity contribution in [2.75, 3.05) is 13.2 Å². The number of likely N-dealkylation sites (N-methyl/N-ethyl adjacent to an activating group) is 1. The van der Waals surface area contributed by atoms with Crippen LogP contribution in [0, 0.1) is 18.3 Å². The number of ether oxygens (including phenoxy) is 1. The molecule has 2 aromatic carbocycles. The summed E-state index contributed by atoms with van der Waals surface area (Å²) in [6.45, 7) is 6.50. The van der Waals surface area contributed by atoms with Gasteiger partial charge in [-0.3, -0.25) is 4.79 Å². The van der Waals surface area contributed by atoms with Gasteiger partial charge in [0.15, 0.2) is 6.61 Å². The molecule has 0 aromatic heterocycles. The zero-order chi connectivity index (χ0) is 17.5. The van der Waals surface area contributed by atoms with E-state index in [0.717, 1.165) is 16.9 Å². The molecular weight excluding hydrogens is 300 g/mol. The molecule has 0 bridgehead atoms. The van der Waals surface area contributed by atoms with Gasteiger partial charge in [0.25, 0.3) is 5.91 Å². The van der Waals surface area contributed by atoms with Crippen LogP contribution in [-0.4, -0.2) is 24.0 Å². The summed E-state index contributed by atoms with van der Waals surface area (Å²) in [6, 6.07) is 17.0. The Morgan fingerprint density at radius 1 is 1.21 bits per heavy atom. The number of nitriles is 1. The fourth-order valence-electron chi connectivity index (χ4n) is 2.62. The minimum Gasteiger partial charge on any atom is -0.484 e. The third kappa shape index (κ3) is 4.14. The monoisotopic (exact) mass is 322 g/mol. The van der Waals surface area contributed by atoms with Crippen molar-refractivity contribution < 1.29 is 9.53 Å². The van der Waals surface area contributed by atoms with Gasteiger partial charge in [-0.1, -0.05) is 30.3 Å². The Kier molecular flexibility index (Phi) is 5.97. The lowest BCUT2D eigenvalue weighted by atomic mass is 10.0. The number of carbonyl (C=O) groups excluding carboxylic acids is 1. The maximum Gasteiger partial charge on any atom is 0.260 e. The van der Waals surface area contributed by atoms with Crippen LogP contribution < -0.4 is 4.74 Å². The number of benzene rings is 2. The average molecular weight is 322 g/mol. The van der Waals surface area contributed by atoms with E-state index >= 15 is 0 Å². The number of aryl methyl sites for hydroxylation is 1. The molecule has 2 aromatic rings. The van der Waals surface area contributed by atoms with Crippen LogP contribution in [0.25, 0.3) is 0 Å². The number of nitrogens with zero attached hydrogens (tertiary/aromatic N) is 2. The second-order valence-electron chi connectivity index (χ2n) is 5.64. The lowest BCUT2D eigenvalue weighted by Gasteiger charge is -2.28. The van der Waals surface area contributed by atoms with Crippen molar-refractivity contribution in [3.05, 3.63) is 65.2 Å². The number of para-hydroxylation sites is 1. The van der Waals surface area contributed by atoms with Crippen LogP contribution >= 0.6 is 0 Å². The van der Waals surface area contributed by atoms with Gasteiger partial charge < -0.3 is 9.64 Å². The van der Waals surface area contributed by atoms with Crippen LogP contribution in [0.1, 0.15) is 36.6 Å². The normalized spacial score (nSPS) is 11.4. The summed E-state index contributed by atoms with van der Waals surface area (Å²) in [5.74, 6) is 0.672. The van der Waals surface area contributed by atoms with E-state index in [1.54, 1.807) is 17.0 Å². The number of hydrogen-bond donors (Lipinski definition) is 0. The summed E-state index contributed by atoms with van der Waals surface area (Å²) in [5, 5.41) is 8.88. The molecule has 0 aliphatic heterocycles. The van der Waals surface area contributed by atoms with Crippen molar-refractivity contribution in [2.24, 2.45) is 0 Å². The molecule has 0 heterocycles. The maximum atomic E-state index is 12.5. The SMILES string of the molecule is CCN(C(=O)COc1ccccc1C)[C@H](C)c1ccc(C#N)cc1. The van der Waals surface area contributed by atoms with E-state index < -0.39 is 0 Å². The lowest BCUT2D eigenvalue weighted by Crippen LogP contribution is -2.36. The smallest absolute Gasteiger partial charge is 0.260 e. The molecule has 1 atom stereocenters. The van der Waals surface area contributed by atoms with Crippen LogP contribution in [0.2, 0.25) is 0 Å². The van der Waals surface area contributed by atoms with Gasteiger partial charge >= 0.3 is 0 Å². The topological polar surface area (TPSA) is 53.3 Å². The van der Waals surface area contributed by atoms with Gasteiger partial charge in [0.2, 0.25) is 0 Å². The van der Waals surface area contributed by atoms with Gasteiger partial charge in [-0.05, 0) is 50.1 Å². The van der Waals surface area contributed by atoms with Crippen LogP contribution in [-0.2, 0) is 4.79 Å². The molecule has 0 saturated heterocycles. The average Bonchev–Trinajstić information content (AvgIpc) is 2.61. The predicted octanol–water partition coefficient (Wildman–Crippen LogP) is 3.86. The summed E-state index contributed by atoms with van der Waals surface area (Å²) in [4.78, 5) is 14.3. The van der Waals surface area contributed by atoms with Crippen LogP contribution in [0.4, 0.5) is 0 Å². The Labute approximate surface area is 143 Å². The van der Waals surface area contributed by atoms with E-state index in [2.05, 4.69) is 6.07 Å². The van der Waals surface area contributed by atoms with Crippen LogP contribution in [0.15, 0.2) is 48.5 Å². The first-order valence-electron chi connectivity index (χ1n) is 8.04. The molecular formula is C20H22N2O2. The Hall–Kier alpha value is -2.80. The van der Waals surface area contributed by atoms with Crippen molar-refractivity contribution in [1.82, 2.24) is 4.90 Å². The molecule has 4 heteroatoms. The van der Waals surface area contributed by atoms with Gasteiger partial charge in [-0.15, -0.1) is 0 Å². The molecule has 0 saturated carbocycles. The van der Waals surface area contributed by atoms with Crippen molar-refractivity contribution in [3.63, 3.8) is 0 Å². The van der Waals surface area contributed by atoms with E-state index in [9.17, 15) is 4.79 Å². The first kappa shape index (κ1) is 17.6. The van der Waals surface area contributed by atoms with E-state index in [4.69, 9.17) is 10.00 Å². The van der Waals surface area contributed by atoms with Gasteiger partial charge in [0.1, 0.15) is 5.75 Å². The summed E-state index contributed by atoms with van der Waals surface area (Å²) in [7, 11) is 0. The Morgan fingerprint density at radius 3 is 2.46 bits per heavy atom. The highest BCUT2D eigenvalue weighted by Crippen LogP contribution is 2.21. The van der Waals surface area contributed by atoms with Crippen molar-refractivity contribution in [2.45, 2.75) is 26.8 Å². The standard InChI is InChI=1S/C20H22N2O2/c1-4-22(16(3)18-11-9-17(13-21)10-12-18)20(23)14-24-19-8-6-5-7-15(19)2/h5-12,16H,4,14H2,1-3H3/t16-/m1/s1. The molecule has 1 amide bonds. The summed E-state index contributed by atoms with van der Waals surface area (Å²) in [6.07, 6.45) is 0. The first-order chi connectivity index (χ1) is 11.6. The van der Waals surface area contributed by atoms with Crippen molar-refractivity contribution >= 4 is 5.91 Å². The molecule has 0 spiro atoms. The van der Waals surface area contributed by atoms with Crippen molar-refractivity contribution in [3.8, 4) is 11.8 Å². The van der Waals surface area contributed by atoms with Gasteiger partial charge in [0.05, 0.1) is 17.7 Å². The second-order valence-corrected chi connectivity index (χ2v) is 5.64. The van der Waals surface area contributed by atoms with Crippen LogP contribution in [0.5, 0.6) is 5.75 Å². The molecule has 0 fully saturated rings. The van der Waals surface area contributed by atoms with E-state index in [1.807, 2.05) is 57.2 Å². The first-order valence-corrected chi connectivity index (χ1v) is 8.04. The number of rotatable bonds is 6.